The predicted molar refractivity (Wildman–Crippen MR) is 90.2 cm³/mol. The molecule has 21 heavy (non-hydrogen) atoms. The van der Waals surface area contributed by atoms with Gasteiger partial charge in [-0.3, -0.25) is 0 Å². The van der Waals surface area contributed by atoms with Gasteiger partial charge in [0.05, 0.1) is 6.61 Å². The van der Waals surface area contributed by atoms with E-state index in [0.29, 0.717) is 12.6 Å². The van der Waals surface area contributed by atoms with Crippen LogP contribution in [-0.2, 0) is 0 Å². The van der Waals surface area contributed by atoms with Gasteiger partial charge in [0.25, 0.3) is 0 Å². The molecule has 1 unspecified atom stereocenters. The number of hydrogen-bond acceptors (Lipinski definition) is 4. The Morgan fingerprint density at radius 2 is 2.05 bits per heavy atom. The van der Waals surface area contributed by atoms with E-state index < -0.39 is 0 Å². The fourth-order valence-electron chi connectivity index (χ4n) is 3.02. The summed E-state index contributed by atoms with van der Waals surface area (Å²) in [6, 6.07) is 9.19. The van der Waals surface area contributed by atoms with Crippen LogP contribution in [0.5, 0.6) is 0 Å². The van der Waals surface area contributed by atoms with Crippen LogP contribution in [0.2, 0.25) is 0 Å². The summed E-state index contributed by atoms with van der Waals surface area (Å²) in [5, 5.41) is 12.6. The second-order valence-electron chi connectivity index (χ2n) is 5.86. The van der Waals surface area contributed by atoms with Crippen LogP contribution in [-0.4, -0.2) is 55.9 Å². The van der Waals surface area contributed by atoms with E-state index in [4.69, 9.17) is 5.11 Å². The smallest absolute Gasteiger partial charge is 0.0606 e. The number of benzene rings is 1. The molecule has 0 aromatic heterocycles. The summed E-state index contributed by atoms with van der Waals surface area (Å²) in [5.74, 6) is 0. The maximum Gasteiger partial charge on any atom is 0.0606 e. The fraction of sp³-hybridized carbons (Fsp3) is 0.647. The van der Waals surface area contributed by atoms with Crippen LogP contribution in [0.15, 0.2) is 24.3 Å². The van der Waals surface area contributed by atoms with Crippen LogP contribution in [0.25, 0.3) is 0 Å². The summed E-state index contributed by atoms with van der Waals surface area (Å²) >= 11 is 0. The van der Waals surface area contributed by atoms with Crippen molar-refractivity contribution in [1.29, 1.82) is 0 Å². The SMILES string of the molecule is CCN(CCO)c1ccc(NCC2CCCCN2C)cc1. The summed E-state index contributed by atoms with van der Waals surface area (Å²) < 4.78 is 0. The minimum Gasteiger partial charge on any atom is -0.395 e. The molecular weight excluding hydrogens is 262 g/mol. The molecular formula is C17H29N3O. The van der Waals surface area contributed by atoms with Gasteiger partial charge in [-0.15, -0.1) is 0 Å². The highest BCUT2D eigenvalue weighted by molar-refractivity contribution is 5.55. The molecule has 0 spiro atoms. The second-order valence-corrected chi connectivity index (χ2v) is 5.86. The Balaban J connectivity index is 1.87. The lowest BCUT2D eigenvalue weighted by Crippen LogP contribution is -2.40. The Labute approximate surface area is 128 Å². The number of aliphatic hydroxyl groups excluding tert-OH is 1. The number of anilines is 2. The number of likely N-dealkylation sites (tertiary alicyclic amines) is 1. The molecule has 1 atom stereocenters. The third kappa shape index (κ3) is 4.61. The highest BCUT2D eigenvalue weighted by Gasteiger charge is 2.18. The Hall–Kier alpha value is -1.26. The lowest BCUT2D eigenvalue weighted by Gasteiger charge is -2.32. The average molecular weight is 291 g/mol. The molecule has 0 saturated carbocycles. The Kier molecular flexibility index (Phi) is 6.33. The minimum absolute atomic E-state index is 0.196. The summed E-state index contributed by atoms with van der Waals surface area (Å²) in [4.78, 5) is 4.64. The lowest BCUT2D eigenvalue weighted by molar-refractivity contribution is 0.194. The number of nitrogens with one attached hydrogen (secondary N) is 1. The topological polar surface area (TPSA) is 38.7 Å². The molecule has 1 fully saturated rings. The van der Waals surface area contributed by atoms with Gasteiger partial charge in [-0.2, -0.15) is 0 Å². The van der Waals surface area contributed by atoms with Crippen molar-refractivity contribution in [3.05, 3.63) is 24.3 Å². The normalized spacial score (nSPS) is 19.5. The molecule has 4 nitrogen and oxygen atoms in total. The van der Waals surface area contributed by atoms with Crippen LogP contribution in [0.3, 0.4) is 0 Å². The van der Waals surface area contributed by atoms with Crippen LogP contribution >= 0.6 is 0 Å². The standard InChI is InChI=1S/C17H29N3O/c1-3-20(12-13-21)16-9-7-15(8-10-16)18-14-17-6-4-5-11-19(17)2/h7-10,17-18,21H,3-6,11-14H2,1-2H3. The molecule has 0 radical (unpaired) electrons. The Morgan fingerprint density at radius 3 is 2.67 bits per heavy atom. The molecule has 1 aromatic rings. The molecule has 1 heterocycles. The van der Waals surface area contributed by atoms with E-state index in [2.05, 4.69) is 53.4 Å². The van der Waals surface area contributed by atoms with E-state index in [1.807, 2.05) is 0 Å². The van der Waals surface area contributed by atoms with Crippen molar-refractivity contribution in [1.82, 2.24) is 4.90 Å². The highest BCUT2D eigenvalue weighted by atomic mass is 16.3. The van der Waals surface area contributed by atoms with Crippen molar-refractivity contribution in [3.8, 4) is 0 Å². The molecule has 4 heteroatoms. The number of hydrogen-bond donors (Lipinski definition) is 2. The highest BCUT2D eigenvalue weighted by Crippen LogP contribution is 2.19. The van der Waals surface area contributed by atoms with Crippen LogP contribution in [0.1, 0.15) is 26.2 Å². The predicted octanol–water partition coefficient (Wildman–Crippen LogP) is 2.40. The molecule has 1 saturated heterocycles. The van der Waals surface area contributed by atoms with Crippen molar-refractivity contribution in [2.24, 2.45) is 0 Å². The first-order valence-corrected chi connectivity index (χ1v) is 8.14. The zero-order valence-corrected chi connectivity index (χ0v) is 13.4. The first-order chi connectivity index (χ1) is 10.2. The van der Waals surface area contributed by atoms with E-state index in [1.54, 1.807) is 0 Å². The quantitative estimate of drug-likeness (QED) is 0.809. The zero-order chi connectivity index (χ0) is 15.1. The fourth-order valence-corrected chi connectivity index (χ4v) is 3.02. The third-order valence-corrected chi connectivity index (χ3v) is 4.45. The van der Waals surface area contributed by atoms with Crippen LogP contribution < -0.4 is 10.2 Å². The van der Waals surface area contributed by atoms with Crippen molar-refractivity contribution in [3.63, 3.8) is 0 Å². The van der Waals surface area contributed by atoms with Crippen molar-refractivity contribution < 1.29 is 5.11 Å². The first kappa shape index (κ1) is 16.1. The van der Waals surface area contributed by atoms with Gasteiger partial charge in [-0.05, 0) is 57.6 Å². The number of nitrogens with zero attached hydrogens (tertiary/aromatic N) is 2. The maximum absolute atomic E-state index is 9.08. The van der Waals surface area contributed by atoms with Gasteiger partial charge in [-0.1, -0.05) is 6.42 Å². The van der Waals surface area contributed by atoms with E-state index in [1.165, 1.54) is 37.2 Å². The lowest BCUT2D eigenvalue weighted by atomic mass is 10.0. The van der Waals surface area contributed by atoms with E-state index in [-0.39, 0.29) is 6.61 Å². The largest absolute Gasteiger partial charge is 0.395 e. The molecule has 0 aliphatic carbocycles. The number of piperidine rings is 1. The Bertz CT molecular complexity index is 407. The zero-order valence-electron chi connectivity index (χ0n) is 13.4. The Morgan fingerprint density at radius 1 is 1.29 bits per heavy atom. The number of likely N-dealkylation sites (N-methyl/N-ethyl adjacent to an activating group) is 2. The molecule has 118 valence electrons. The molecule has 1 aliphatic heterocycles. The summed E-state index contributed by atoms with van der Waals surface area (Å²) in [5.41, 5.74) is 2.35. The second kappa shape index (κ2) is 8.25. The molecule has 2 N–H and O–H groups in total. The molecule has 0 bridgehead atoms. The van der Waals surface area contributed by atoms with E-state index in [9.17, 15) is 0 Å². The summed E-state index contributed by atoms with van der Waals surface area (Å²) in [6.45, 7) is 6.15. The minimum atomic E-state index is 0.196. The van der Waals surface area contributed by atoms with Crippen LogP contribution in [0, 0.1) is 0 Å². The summed E-state index contributed by atoms with van der Waals surface area (Å²) in [7, 11) is 2.22. The molecule has 0 amide bonds. The van der Waals surface area contributed by atoms with Gasteiger partial charge in [-0.25, -0.2) is 0 Å². The van der Waals surface area contributed by atoms with Crippen molar-refractivity contribution in [2.45, 2.75) is 32.2 Å². The van der Waals surface area contributed by atoms with E-state index >= 15 is 0 Å². The van der Waals surface area contributed by atoms with Gasteiger partial charge in [0.15, 0.2) is 0 Å². The van der Waals surface area contributed by atoms with Crippen LogP contribution in [0.4, 0.5) is 11.4 Å². The van der Waals surface area contributed by atoms with Crippen molar-refractivity contribution in [2.75, 3.05) is 50.1 Å². The maximum atomic E-state index is 9.08. The number of rotatable bonds is 7. The molecule has 1 aromatic carbocycles. The van der Waals surface area contributed by atoms with Gasteiger partial charge < -0.3 is 20.2 Å². The molecule has 1 aliphatic rings. The molecule has 2 rings (SSSR count). The van der Waals surface area contributed by atoms with Gasteiger partial charge in [0.1, 0.15) is 0 Å². The first-order valence-electron chi connectivity index (χ1n) is 8.14. The third-order valence-electron chi connectivity index (χ3n) is 4.45. The van der Waals surface area contributed by atoms with Gasteiger partial charge in [0, 0.05) is 37.1 Å². The van der Waals surface area contributed by atoms with Crippen molar-refractivity contribution >= 4 is 11.4 Å². The number of aliphatic hydroxyl groups is 1. The monoisotopic (exact) mass is 291 g/mol. The average Bonchev–Trinajstić information content (AvgIpc) is 2.52. The van der Waals surface area contributed by atoms with Gasteiger partial charge >= 0.3 is 0 Å². The van der Waals surface area contributed by atoms with E-state index in [0.717, 1.165) is 13.1 Å². The van der Waals surface area contributed by atoms with Gasteiger partial charge in [0.2, 0.25) is 0 Å². The summed E-state index contributed by atoms with van der Waals surface area (Å²) in [6.07, 6.45) is 3.98.